The summed E-state index contributed by atoms with van der Waals surface area (Å²) in [5, 5.41) is 16.7. The van der Waals surface area contributed by atoms with Crippen molar-refractivity contribution in [1.82, 2.24) is 4.90 Å². The Morgan fingerprint density at radius 3 is 1.86 bits per heavy atom. The van der Waals surface area contributed by atoms with Gasteiger partial charge in [0.2, 0.25) is 0 Å². The van der Waals surface area contributed by atoms with E-state index in [1.807, 2.05) is 0 Å². The fourth-order valence-corrected chi connectivity index (χ4v) is 6.36. The van der Waals surface area contributed by atoms with Crippen molar-refractivity contribution in [3.8, 4) is 0 Å². The summed E-state index contributed by atoms with van der Waals surface area (Å²) >= 11 is 0. The van der Waals surface area contributed by atoms with Crippen LogP contribution in [0, 0.1) is 16.7 Å². The molecule has 0 saturated heterocycles. The first-order chi connectivity index (χ1) is 17.0. The summed E-state index contributed by atoms with van der Waals surface area (Å²) in [5.74, 6) is -0.705. The minimum Gasteiger partial charge on any atom is -0.481 e. The Morgan fingerprint density at radius 2 is 1.44 bits per heavy atom. The van der Waals surface area contributed by atoms with Crippen molar-refractivity contribution in [1.29, 1.82) is 0 Å². The van der Waals surface area contributed by atoms with E-state index >= 15 is 0 Å². The molecule has 0 radical (unpaired) electrons. The Morgan fingerprint density at radius 1 is 0.917 bits per heavy atom. The molecule has 1 aromatic rings. The summed E-state index contributed by atoms with van der Waals surface area (Å²) in [6.07, 6.45) is 9.63. The molecule has 0 heterocycles. The number of rotatable bonds is 14. The number of nitrogens with zero attached hydrogens (tertiary/aromatic N) is 1. The highest BCUT2D eigenvalue weighted by atomic mass is 16.5. The molecule has 0 aliphatic heterocycles. The van der Waals surface area contributed by atoms with Crippen LogP contribution in [-0.2, 0) is 19.9 Å². The van der Waals surface area contributed by atoms with Gasteiger partial charge in [0, 0.05) is 24.8 Å². The Kier molecular flexibility index (Phi) is 11.4. The van der Waals surface area contributed by atoms with Crippen molar-refractivity contribution in [3.63, 3.8) is 0 Å². The maximum absolute atomic E-state index is 10.1. The predicted molar refractivity (Wildman–Crippen MR) is 144 cm³/mol. The summed E-state index contributed by atoms with van der Waals surface area (Å²) in [6.45, 7) is 9.19. The Hall–Kier alpha value is -1.92. The molecule has 0 amide bonds. The van der Waals surface area contributed by atoms with Crippen molar-refractivity contribution in [2.75, 3.05) is 27.2 Å². The summed E-state index contributed by atoms with van der Waals surface area (Å²) in [5.41, 5.74) is 1.84. The van der Waals surface area contributed by atoms with E-state index in [9.17, 15) is 9.59 Å². The lowest BCUT2D eigenvalue weighted by Gasteiger charge is -2.49. The quantitative estimate of drug-likeness (QED) is 0.279. The molecule has 2 N–H and O–H groups in total. The smallest absolute Gasteiger partial charge is 0.303 e. The third-order valence-corrected chi connectivity index (χ3v) is 9.02. The van der Waals surface area contributed by atoms with Crippen LogP contribution in [0.2, 0.25) is 0 Å². The molecule has 6 heteroatoms. The maximum Gasteiger partial charge on any atom is 0.303 e. The number of aliphatic carboxylic acids is 2. The number of carboxylic acid groups (broad SMARTS) is 2. The standard InChI is InChI=1S/C20H31NO.C10H18O4/c1-18(2)17-11-12-19(18,3)20(15-17,22-14-13-21(4)5)16-9-7-6-8-10-16;11-9(12)7-5-3-1-2-4-6-8-10(13)14/h6-10,17H,11-15H2,1-5H3;1-8H2,(H,11,12)(H,13,14)/t17-,19-,20+;/m1./s1. The van der Waals surface area contributed by atoms with Crippen molar-refractivity contribution < 1.29 is 24.5 Å². The van der Waals surface area contributed by atoms with E-state index < -0.39 is 11.9 Å². The lowest BCUT2D eigenvalue weighted by Crippen LogP contribution is -2.47. The first-order valence-electron chi connectivity index (χ1n) is 13.7. The first-order valence-corrected chi connectivity index (χ1v) is 13.7. The third-order valence-electron chi connectivity index (χ3n) is 9.02. The second-order valence-corrected chi connectivity index (χ2v) is 11.7. The predicted octanol–water partition coefficient (Wildman–Crippen LogP) is 6.58. The highest BCUT2D eigenvalue weighted by Gasteiger charge is 2.69. The zero-order valence-electron chi connectivity index (χ0n) is 23.2. The number of carboxylic acids is 2. The molecule has 1 aromatic carbocycles. The van der Waals surface area contributed by atoms with Crippen LogP contribution < -0.4 is 0 Å². The molecular weight excluding hydrogens is 454 g/mol. The van der Waals surface area contributed by atoms with Gasteiger partial charge in [0.25, 0.3) is 0 Å². The molecule has 36 heavy (non-hydrogen) atoms. The maximum atomic E-state index is 10.1. The SMILES string of the molecule is CN(C)CCO[C@]1(c2ccccc2)C[C@H]2CC[C@]1(C)C2(C)C.O=C(O)CCCCCCCCC(=O)O. The van der Waals surface area contributed by atoms with Gasteiger partial charge in [0.1, 0.15) is 0 Å². The van der Waals surface area contributed by atoms with Crippen LogP contribution in [0.1, 0.15) is 97.0 Å². The van der Waals surface area contributed by atoms with Crippen LogP contribution in [0.15, 0.2) is 30.3 Å². The fourth-order valence-electron chi connectivity index (χ4n) is 6.36. The average molecular weight is 504 g/mol. The van der Waals surface area contributed by atoms with Crippen LogP contribution in [0.3, 0.4) is 0 Å². The van der Waals surface area contributed by atoms with E-state index in [2.05, 4.69) is 70.1 Å². The number of hydrogen-bond acceptors (Lipinski definition) is 4. The summed E-state index contributed by atoms with van der Waals surface area (Å²) in [6, 6.07) is 11.0. The molecule has 2 aliphatic rings. The van der Waals surface area contributed by atoms with Crippen LogP contribution >= 0.6 is 0 Å². The van der Waals surface area contributed by atoms with Crippen LogP contribution in [0.4, 0.5) is 0 Å². The molecule has 2 saturated carbocycles. The van der Waals surface area contributed by atoms with Crippen molar-refractivity contribution in [2.45, 2.75) is 97.0 Å². The van der Waals surface area contributed by atoms with Gasteiger partial charge >= 0.3 is 11.9 Å². The third kappa shape index (κ3) is 7.32. The van der Waals surface area contributed by atoms with Gasteiger partial charge < -0.3 is 19.8 Å². The lowest BCUT2D eigenvalue weighted by atomic mass is 9.62. The lowest BCUT2D eigenvalue weighted by molar-refractivity contribution is -0.148. The Balaban J connectivity index is 0.000000284. The molecule has 204 valence electrons. The first kappa shape index (κ1) is 30.3. The van der Waals surface area contributed by atoms with Gasteiger partial charge in [-0.15, -0.1) is 0 Å². The second-order valence-electron chi connectivity index (χ2n) is 11.7. The topological polar surface area (TPSA) is 87.1 Å². The van der Waals surface area contributed by atoms with Gasteiger partial charge in [-0.3, -0.25) is 9.59 Å². The zero-order valence-corrected chi connectivity index (χ0v) is 23.2. The second kappa shape index (κ2) is 13.6. The minimum absolute atomic E-state index is 0.114. The largest absolute Gasteiger partial charge is 0.481 e. The average Bonchev–Trinajstić information content (AvgIpc) is 3.14. The molecule has 3 atom stereocenters. The van der Waals surface area contributed by atoms with Crippen LogP contribution in [0.5, 0.6) is 0 Å². The molecular formula is C30H49NO5. The number of fused-ring (bicyclic) bond motifs is 2. The fraction of sp³-hybridized carbons (Fsp3) is 0.733. The number of unbranched alkanes of at least 4 members (excludes halogenated alkanes) is 5. The molecule has 0 spiro atoms. The van der Waals surface area contributed by atoms with Crippen molar-refractivity contribution in [2.24, 2.45) is 16.7 Å². The molecule has 2 aliphatic carbocycles. The molecule has 0 aromatic heterocycles. The molecule has 3 rings (SSSR count). The Bertz CT molecular complexity index is 804. The highest BCUT2D eigenvalue weighted by molar-refractivity contribution is 5.66. The highest BCUT2D eigenvalue weighted by Crippen LogP contribution is 2.73. The van der Waals surface area contributed by atoms with Gasteiger partial charge in [-0.25, -0.2) is 0 Å². The van der Waals surface area contributed by atoms with E-state index in [0.29, 0.717) is 5.41 Å². The van der Waals surface area contributed by atoms with Gasteiger partial charge in [-0.1, -0.05) is 76.8 Å². The number of hydrogen-bond donors (Lipinski definition) is 2. The van der Waals surface area contributed by atoms with Gasteiger partial charge in [-0.2, -0.15) is 0 Å². The van der Waals surface area contributed by atoms with E-state index in [1.54, 1.807) is 0 Å². The molecule has 0 unspecified atom stereocenters. The van der Waals surface area contributed by atoms with Gasteiger partial charge in [0.15, 0.2) is 0 Å². The monoisotopic (exact) mass is 503 g/mol. The number of ether oxygens (including phenoxy) is 1. The van der Waals surface area contributed by atoms with E-state index in [0.717, 1.165) is 57.6 Å². The van der Waals surface area contributed by atoms with Gasteiger partial charge in [0.05, 0.1) is 12.2 Å². The summed E-state index contributed by atoms with van der Waals surface area (Å²) in [7, 11) is 4.23. The van der Waals surface area contributed by atoms with E-state index in [1.165, 1.54) is 24.8 Å². The Labute approximate surface area is 218 Å². The number of likely N-dealkylation sites (N-methyl/N-ethyl adjacent to an activating group) is 1. The summed E-state index contributed by atoms with van der Waals surface area (Å²) < 4.78 is 6.72. The van der Waals surface area contributed by atoms with Crippen LogP contribution in [0.25, 0.3) is 0 Å². The van der Waals surface area contributed by atoms with Gasteiger partial charge in [-0.05, 0) is 63.1 Å². The normalized spacial score (nSPS) is 26.0. The summed E-state index contributed by atoms with van der Waals surface area (Å²) in [4.78, 5) is 22.5. The van der Waals surface area contributed by atoms with Crippen molar-refractivity contribution in [3.05, 3.63) is 35.9 Å². The molecule has 6 nitrogen and oxygen atoms in total. The zero-order chi connectivity index (χ0) is 26.8. The number of benzene rings is 1. The van der Waals surface area contributed by atoms with E-state index in [-0.39, 0.29) is 23.9 Å². The molecule has 2 bridgehead atoms. The minimum atomic E-state index is -0.740. The van der Waals surface area contributed by atoms with Crippen molar-refractivity contribution >= 4 is 11.9 Å². The van der Waals surface area contributed by atoms with E-state index in [4.69, 9.17) is 14.9 Å². The van der Waals surface area contributed by atoms with Crippen LogP contribution in [-0.4, -0.2) is 54.3 Å². The number of carbonyl (C=O) groups is 2. The molecule has 2 fully saturated rings.